The molecule has 0 radical (unpaired) electrons. The number of anilines is 1. The quantitative estimate of drug-likeness (QED) is 0.614. The molecule has 1 heterocycles. The second-order valence-electron chi connectivity index (χ2n) is 7.03. The average Bonchev–Trinajstić information content (AvgIpc) is 3.04. The number of halogens is 1. The predicted molar refractivity (Wildman–Crippen MR) is 112 cm³/mol. The van der Waals surface area contributed by atoms with Crippen molar-refractivity contribution in [3.05, 3.63) is 45.6 Å². The van der Waals surface area contributed by atoms with E-state index >= 15 is 0 Å². The van der Waals surface area contributed by atoms with Gasteiger partial charge in [0, 0.05) is 25.1 Å². The summed E-state index contributed by atoms with van der Waals surface area (Å²) in [6.45, 7) is 2.53. The third kappa shape index (κ3) is 4.96. The summed E-state index contributed by atoms with van der Waals surface area (Å²) in [5.74, 6) is -0.886. The Morgan fingerprint density at radius 1 is 1.28 bits per heavy atom. The molecule has 0 fully saturated rings. The van der Waals surface area contributed by atoms with Gasteiger partial charge in [0.15, 0.2) is 0 Å². The molecule has 3 rings (SSSR count). The van der Waals surface area contributed by atoms with Gasteiger partial charge in [-0.3, -0.25) is 9.52 Å². The highest BCUT2D eigenvalue weighted by Gasteiger charge is 2.28. The molecule has 0 unspecified atom stereocenters. The van der Waals surface area contributed by atoms with Crippen LogP contribution in [0.25, 0.3) is 0 Å². The third-order valence-electron chi connectivity index (χ3n) is 4.89. The first-order valence-electron chi connectivity index (χ1n) is 9.54. The highest BCUT2D eigenvalue weighted by atomic mass is 32.2. The third-order valence-corrected chi connectivity index (χ3v) is 7.57. The number of hydrogen-bond acceptors (Lipinski definition) is 5. The minimum Gasteiger partial charge on any atom is -0.385 e. The molecular weight excluding hydrogens is 415 g/mol. The van der Waals surface area contributed by atoms with Gasteiger partial charge in [-0.15, -0.1) is 11.3 Å². The van der Waals surface area contributed by atoms with E-state index in [0.717, 1.165) is 42.2 Å². The zero-order valence-corrected chi connectivity index (χ0v) is 18.1. The Hall–Kier alpha value is -1.97. The second-order valence-corrected chi connectivity index (χ2v) is 9.82. The highest BCUT2D eigenvalue weighted by molar-refractivity contribution is 7.93. The van der Waals surface area contributed by atoms with E-state index in [0.29, 0.717) is 35.7 Å². The van der Waals surface area contributed by atoms with E-state index in [1.54, 1.807) is 14.0 Å². The van der Waals surface area contributed by atoms with Crippen molar-refractivity contribution in [1.29, 1.82) is 0 Å². The number of amides is 1. The Kier molecular flexibility index (Phi) is 6.92. The van der Waals surface area contributed by atoms with Gasteiger partial charge in [0.25, 0.3) is 15.9 Å². The van der Waals surface area contributed by atoms with E-state index < -0.39 is 15.8 Å². The number of thiophene rings is 1. The van der Waals surface area contributed by atoms with Crippen LogP contribution in [0.5, 0.6) is 0 Å². The SMILES string of the molecule is COCCCNC(=O)c1c(NS(=O)(=O)c2ccc(C)c(F)c2)sc2c1CCCC2. The van der Waals surface area contributed by atoms with Gasteiger partial charge in [0.05, 0.1) is 10.5 Å². The molecule has 1 aromatic carbocycles. The fraction of sp³-hybridized carbons (Fsp3) is 0.450. The number of sulfonamides is 1. The summed E-state index contributed by atoms with van der Waals surface area (Å²) < 4.78 is 47.1. The van der Waals surface area contributed by atoms with E-state index in [4.69, 9.17) is 4.74 Å². The molecule has 9 heteroatoms. The number of rotatable bonds is 8. The van der Waals surface area contributed by atoms with Gasteiger partial charge < -0.3 is 10.1 Å². The number of nitrogens with one attached hydrogen (secondary N) is 2. The van der Waals surface area contributed by atoms with Crippen molar-refractivity contribution < 1.29 is 22.3 Å². The lowest BCUT2D eigenvalue weighted by Gasteiger charge is -2.13. The molecule has 29 heavy (non-hydrogen) atoms. The van der Waals surface area contributed by atoms with Crippen LogP contribution in [0, 0.1) is 12.7 Å². The van der Waals surface area contributed by atoms with Crippen molar-refractivity contribution in [2.75, 3.05) is 25.0 Å². The Morgan fingerprint density at radius 3 is 2.76 bits per heavy atom. The Balaban J connectivity index is 1.90. The van der Waals surface area contributed by atoms with Crippen LogP contribution in [0.1, 0.15) is 45.6 Å². The van der Waals surface area contributed by atoms with E-state index in [2.05, 4.69) is 10.0 Å². The van der Waals surface area contributed by atoms with Crippen LogP contribution in [0.3, 0.4) is 0 Å². The van der Waals surface area contributed by atoms with Crippen molar-refractivity contribution >= 4 is 32.3 Å². The fourth-order valence-electron chi connectivity index (χ4n) is 3.31. The maximum Gasteiger partial charge on any atom is 0.262 e. The normalized spacial score (nSPS) is 13.8. The molecule has 2 aromatic rings. The highest BCUT2D eigenvalue weighted by Crippen LogP contribution is 2.39. The smallest absolute Gasteiger partial charge is 0.262 e. The molecule has 1 aliphatic rings. The lowest BCUT2D eigenvalue weighted by atomic mass is 9.95. The standard InChI is InChI=1S/C20H25FN2O4S2/c1-13-8-9-14(12-16(13)21)29(25,26)23-20-18(19(24)22-10-5-11-27-2)15-6-3-4-7-17(15)28-20/h8-9,12,23H,3-7,10-11H2,1-2H3,(H,22,24). The van der Waals surface area contributed by atoms with Crippen molar-refractivity contribution in [3.8, 4) is 0 Å². The molecule has 0 saturated heterocycles. The van der Waals surface area contributed by atoms with Gasteiger partial charge in [-0.05, 0) is 62.3 Å². The van der Waals surface area contributed by atoms with Crippen LogP contribution in [0.4, 0.5) is 9.39 Å². The summed E-state index contributed by atoms with van der Waals surface area (Å²) in [6.07, 6.45) is 4.21. The maximum absolute atomic E-state index is 13.9. The summed E-state index contributed by atoms with van der Waals surface area (Å²) in [7, 11) is -2.42. The largest absolute Gasteiger partial charge is 0.385 e. The molecule has 0 aliphatic heterocycles. The molecule has 1 aliphatic carbocycles. The van der Waals surface area contributed by atoms with Crippen LogP contribution >= 0.6 is 11.3 Å². The Morgan fingerprint density at radius 2 is 2.03 bits per heavy atom. The minimum absolute atomic E-state index is 0.168. The maximum atomic E-state index is 13.9. The van der Waals surface area contributed by atoms with Crippen LogP contribution < -0.4 is 10.0 Å². The van der Waals surface area contributed by atoms with Crippen molar-refractivity contribution in [2.45, 2.75) is 43.9 Å². The number of carbonyl (C=O) groups is 1. The summed E-state index contributed by atoms with van der Waals surface area (Å²) in [5, 5.41) is 3.14. The molecule has 1 aromatic heterocycles. The first-order valence-corrected chi connectivity index (χ1v) is 11.8. The van der Waals surface area contributed by atoms with Crippen LogP contribution in [0.15, 0.2) is 23.1 Å². The first kappa shape index (κ1) is 21.7. The minimum atomic E-state index is -4.02. The number of aryl methyl sites for hydroxylation is 2. The summed E-state index contributed by atoms with van der Waals surface area (Å²) in [5.41, 5.74) is 1.67. The molecule has 6 nitrogen and oxygen atoms in total. The van der Waals surface area contributed by atoms with Crippen LogP contribution in [0.2, 0.25) is 0 Å². The molecular formula is C20H25FN2O4S2. The van der Waals surface area contributed by atoms with E-state index in [9.17, 15) is 17.6 Å². The molecule has 0 saturated carbocycles. The van der Waals surface area contributed by atoms with Gasteiger partial charge >= 0.3 is 0 Å². The number of benzene rings is 1. The molecule has 2 N–H and O–H groups in total. The van der Waals surface area contributed by atoms with Gasteiger partial charge in [-0.2, -0.15) is 0 Å². The van der Waals surface area contributed by atoms with Crippen molar-refractivity contribution in [1.82, 2.24) is 5.32 Å². The van der Waals surface area contributed by atoms with Crippen molar-refractivity contribution in [3.63, 3.8) is 0 Å². The monoisotopic (exact) mass is 440 g/mol. The lowest BCUT2D eigenvalue weighted by Crippen LogP contribution is -2.27. The number of methoxy groups -OCH3 is 1. The second kappa shape index (κ2) is 9.23. The van der Waals surface area contributed by atoms with Gasteiger partial charge in [-0.1, -0.05) is 6.07 Å². The summed E-state index contributed by atoms with van der Waals surface area (Å²) in [6, 6.07) is 3.78. The first-order chi connectivity index (χ1) is 13.8. The average molecular weight is 441 g/mol. The summed E-state index contributed by atoms with van der Waals surface area (Å²) in [4.78, 5) is 13.7. The van der Waals surface area contributed by atoms with E-state index in [1.165, 1.54) is 23.5 Å². The zero-order chi connectivity index (χ0) is 21.0. The molecule has 0 atom stereocenters. The van der Waals surface area contributed by atoms with Crippen molar-refractivity contribution in [2.24, 2.45) is 0 Å². The molecule has 158 valence electrons. The van der Waals surface area contributed by atoms with Crippen LogP contribution in [-0.4, -0.2) is 34.6 Å². The van der Waals surface area contributed by atoms with Gasteiger partial charge in [-0.25, -0.2) is 12.8 Å². The topological polar surface area (TPSA) is 84.5 Å². The van der Waals surface area contributed by atoms with Gasteiger partial charge in [0.1, 0.15) is 10.8 Å². The number of hydrogen-bond donors (Lipinski definition) is 2. The Bertz CT molecular complexity index is 1000. The summed E-state index contributed by atoms with van der Waals surface area (Å²) >= 11 is 1.29. The van der Waals surface area contributed by atoms with Crippen LogP contribution in [-0.2, 0) is 27.6 Å². The number of ether oxygens (including phenoxy) is 1. The van der Waals surface area contributed by atoms with E-state index in [1.807, 2.05) is 0 Å². The predicted octanol–water partition coefficient (Wildman–Crippen LogP) is 3.64. The number of carbonyl (C=O) groups excluding carboxylic acids is 1. The molecule has 0 bridgehead atoms. The fourth-order valence-corrected chi connectivity index (χ4v) is 5.91. The zero-order valence-electron chi connectivity index (χ0n) is 16.5. The lowest BCUT2D eigenvalue weighted by molar-refractivity contribution is 0.0948. The van der Waals surface area contributed by atoms with Gasteiger partial charge in [0.2, 0.25) is 0 Å². The molecule has 1 amide bonds. The Labute approximate surface area is 174 Å². The van der Waals surface area contributed by atoms with E-state index in [-0.39, 0.29) is 10.8 Å². The molecule has 0 spiro atoms. The number of fused-ring (bicyclic) bond motifs is 1.